The first-order valence-corrected chi connectivity index (χ1v) is 7.63. The van der Waals surface area contributed by atoms with Gasteiger partial charge in [-0.25, -0.2) is 8.78 Å². The molecule has 1 aliphatic rings. The van der Waals surface area contributed by atoms with Crippen molar-refractivity contribution in [1.29, 1.82) is 0 Å². The Hall–Kier alpha value is -2.27. The summed E-state index contributed by atoms with van der Waals surface area (Å²) in [5.41, 5.74) is 7.00. The molecule has 1 heterocycles. The molecule has 0 aliphatic carbocycles. The van der Waals surface area contributed by atoms with Gasteiger partial charge in [-0.2, -0.15) is 0 Å². The van der Waals surface area contributed by atoms with Gasteiger partial charge in [0.25, 0.3) is 5.91 Å². The van der Waals surface area contributed by atoms with Gasteiger partial charge in [0, 0.05) is 13.1 Å². The number of likely N-dealkylation sites (tertiary alicyclic amines) is 1. The standard InChI is InChI=1S/C18H18F2N2O/c19-15-4-1-13(2-5-15)14-3-6-16(17(20)9-14)18(23)22-8-7-12(10-21)11-22/h1-6,9,12H,7-8,10-11,21H2. The first-order chi connectivity index (χ1) is 11.1. The molecule has 2 aromatic rings. The number of carbonyl (C=O) groups is 1. The number of nitrogens with two attached hydrogens (primary N) is 1. The zero-order valence-electron chi connectivity index (χ0n) is 12.6. The van der Waals surface area contributed by atoms with Crippen LogP contribution in [0.4, 0.5) is 8.78 Å². The zero-order valence-corrected chi connectivity index (χ0v) is 12.6. The molecule has 1 amide bonds. The summed E-state index contributed by atoms with van der Waals surface area (Å²) in [6.07, 6.45) is 0.859. The van der Waals surface area contributed by atoms with Crippen molar-refractivity contribution < 1.29 is 13.6 Å². The van der Waals surface area contributed by atoms with E-state index in [0.717, 1.165) is 6.42 Å². The molecule has 0 radical (unpaired) electrons. The topological polar surface area (TPSA) is 46.3 Å². The van der Waals surface area contributed by atoms with Crippen molar-refractivity contribution in [1.82, 2.24) is 4.90 Å². The van der Waals surface area contributed by atoms with Gasteiger partial charge in [0.05, 0.1) is 5.56 Å². The van der Waals surface area contributed by atoms with Crippen LogP contribution in [0.1, 0.15) is 16.8 Å². The van der Waals surface area contributed by atoms with Crippen LogP contribution in [0.2, 0.25) is 0 Å². The summed E-state index contributed by atoms with van der Waals surface area (Å²) in [6, 6.07) is 10.3. The number of hydrogen-bond acceptors (Lipinski definition) is 2. The van der Waals surface area contributed by atoms with Crippen LogP contribution in [-0.4, -0.2) is 30.4 Å². The van der Waals surface area contributed by atoms with Crippen molar-refractivity contribution in [3.63, 3.8) is 0 Å². The fourth-order valence-corrected chi connectivity index (χ4v) is 2.89. The first kappa shape index (κ1) is 15.6. The van der Waals surface area contributed by atoms with Gasteiger partial charge in [-0.15, -0.1) is 0 Å². The summed E-state index contributed by atoms with van der Waals surface area (Å²) >= 11 is 0. The van der Waals surface area contributed by atoms with E-state index in [1.807, 2.05) is 0 Å². The number of hydrogen-bond donors (Lipinski definition) is 1. The summed E-state index contributed by atoms with van der Waals surface area (Å²) in [5.74, 6) is -0.915. The van der Waals surface area contributed by atoms with Crippen molar-refractivity contribution >= 4 is 5.91 Å². The van der Waals surface area contributed by atoms with Gasteiger partial charge in [-0.05, 0) is 54.3 Å². The molecule has 1 aliphatic heterocycles. The Morgan fingerprint density at radius 3 is 2.43 bits per heavy atom. The second kappa shape index (κ2) is 6.46. The summed E-state index contributed by atoms with van der Waals surface area (Å²) < 4.78 is 27.3. The van der Waals surface area contributed by atoms with Crippen LogP contribution in [0.15, 0.2) is 42.5 Å². The van der Waals surface area contributed by atoms with E-state index in [0.29, 0.717) is 36.7 Å². The van der Waals surface area contributed by atoms with Crippen LogP contribution in [0.3, 0.4) is 0 Å². The monoisotopic (exact) mass is 316 g/mol. The number of halogens is 2. The van der Waals surface area contributed by atoms with Crippen LogP contribution >= 0.6 is 0 Å². The maximum absolute atomic E-state index is 14.4. The van der Waals surface area contributed by atoms with Gasteiger partial charge in [-0.1, -0.05) is 18.2 Å². The molecule has 0 spiro atoms. The Morgan fingerprint density at radius 1 is 1.13 bits per heavy atom. The molecule has 5 heteroatoms. The summed E-state index contributed by atoms with van der Waals surface area (Å²) in [4.78, 5) is 14.1. The Morgan fingerprint density at radius 2 is 1.83 bits per heavy atom. The molecule has 1 unspecified atom stereocenters. The Bertz CT molecular complexity index is 715. The molecule has 120 valence electrons. The Balaban J connectivity index is 1.82. The normalized spacial score (nSPS) is 17.5. The van der Waals surface area contributed by atoms with Gasteiger partial charge in [-0.3, -0.25) is 4.79 Å². The maximum atomic E-state index is 14.4. The predicted octanol–water partition coefficient (Wildman–Crippen LogP) is 3.05. The lowest BCUT2D eigenvalue weighted by Crippen LogP contribution is -2.30. The molecule has 2 N–H and O–H groups in total. The highest BCUT2D eigenvalue weighted by atomic mass is 19.1. The number of nitrogens with zero attached hydrogens (tertiary/aromatic N) is 1. The molecule has 0 saturated carbocycles. The summed E-state index contributed by atoms with van der Waals surface area (Å²) in [7, 11) is 0. The molecule has 1 atom stereocenters. The van der Waals surface area contributed by atoms with E-state index >= 15 is 0 Å². The lowest BCUT2D eigenvalue weighted by Gasteiger charge is -2.17. The molecule has 1 saturated heterocycles. The SMILES string of the molecule is NCC1CCN(C(=O)c2ccc(-c3ccc(F)cc3)cc2F)C1. The molecule has 2 aromatic carbocycles. The molecular weight excluding hydrogens is 298 g/mol. The lowest BCUT2D eigenvalue weighted by molar-refractivity contribution is 0.0783. The highest BCUT2D eigenvalue weighted by Gasteiger charge is 2.27. The fourth-order valence-electron chi connectivity index (χ4n) is 2.89. The van der Waals surface area contributed by atoms with Crippen molar-refractivity contribution in [2.24, 2.45) is 11.7 Å². The fraction of sp³-hybridized carbons (Fsp3) is 0.278. The van der Waals surface area contributed by atoms with E-state index in [2.05, 4.69) is 0 Å². The van der Waals surface area contributed by atoms with Crippen LogP contribution in [0, 0.1) is 17.6 Å². The molecule has 0 aromatic heterocycles. The van der Waals surface area contributed by atoms with E-state index < -0.39 is 5.82 Å². The van der Waals surface area contributed by atoms with Gasteiger partial charge in [0.15, 0.2) is 0 Å². The van der Waals surface area contributed by atoms with Crippen LogP contribution in [0.5, 0.6) is 0 Å². The van der Waals surface area contributed by atoms with Gasteiger partial charge in [0.1, 0.15) is 11.6 Å². The van der Waals surface area contributed by atoms with Gasteiger partial charge < -0.3 is 10.6 Å². The smallest absolute Gasteiger partial charge is 0.256 e. The van der Waals surface area contributed by atoms with Crippen molar-refractivity contribution in [3.05, 3.63) is 59.7 Å². The van der Waals surface area contributed by atoms with Crippen LogP contribution in [0.25, 0.3) is 11.1 Å². The molecule has 23 heavy (non-hydrogen) atoms. The second-order valence-electron chi connectivity index (χ2n) is 5.84. The Kier molecular flexibility index (Phi) is 4.39. The Labute approximate surface area is 133 Å². The molecule has 0 bridgehead atoms. The van der Waals surface area contributed by atoms with Crippen LogP contribution < -0.4 is 5.73 Å². The third-order valence-electron chi connectivity index (χ3n) is 4.28. The minimum Gasteiger partial charge on any atom is -0.338 e. The average molecular weight is 316 g/mol. The third kappa shape index (κ3) is 3.24. The minimum absolute atomic E-state index is 0.0635. The zero-order chi connectivity index (χ0) is 16.4. The van der Waals surface area contributed by atoms with Crippen LogP contribution in [-0.2, 0) is 0 Å². The van der Waals surface area contributed by atoms with Crippen molar-refractivity contribution in [2.45, 2.75) is 6.42 Å². The molecule has 1 fully saturated rings. The molecule has 3 nitrogen and oxygen atoms in total. The highest BCUT2D eigenvalue weighted by molar-refractivity contribution is 5.95. The largest absolute Gasteiger partial charge is 0.338 e. The predicted molar refractivity (Wildman–Crippen MR) is 84.9 cm³/mol. The summed E-state index contributed by atoms with van der Waals surface area (Å²) in [6.45, 7) is 1.73. The van der Waals surface area contributed by atoms with E-state index in [9.17, 15) is 13.6 Å². The van der Waals surface area contributed by atoms with E-state index in [1.165, 1.54) is 24.3 Å². The number of rotatable bonds is 3. The van der Waals surface area contributed by atoms with Gasteiger partial charge in [0.2, 0.25) is 0 Å². The van der Waals surface area contributed by atoms with E-state index in [1.54, 1.807) is 23.1 Å². The number of carbonyl (C=O) groups excluding carboxylic acids is 1. The highest BCUT2D eigenvalue weighted by Crippen LogP contribution is 2.24. The third-order valence-corrected chi connectivity index (χ3v) is 4.28. The van der Waals surface area contributed by atoms with E-state index in [4.69, 9.17) is 5.73 Å². The molecular formula is C18H18F2N2O. The van der Waals surface area contributed by atoms with E-state index in [-0.39, 0.29) is 17.3 Å². The number of benzene rings is 2. The second-order valence-corrected chi connectivity index (χ2v) is 5.84. The van der Waals surface area contributed by atoms with Gasteiger partial charge >= 0.3 is 0 Å². The quantitative estimate of drug-likeness (QED) is 0.946. The maximum Gasteiger partial charge on any atom is 0.256 e. The minimum atomic E-state index is -0.562. The molecule has 3 rings (SSSR count). The first-order valence-electron chi connectivity index (χ1n) is 7.63. The van der Waals surface area contributed by atoms with Crippen molar-refractivity contribution in [3.8, 4) is 11.1 Å². The summed E-state index contributed by atoms with van der Waals surface area (Å²) in [5, 5.41) is 0. The van der Waals surface area contributed by atoms with Crippen molar-refractivity contribution in [2.75, 3.05) is 19.6 Å². The number of amides is 1. The lowest BCUT2D eigenvalue weighted by atomic mass is 10.0. The average Bonchev–Trinajstić information content (AvgIpc) is 3.04.